The van der Waals surface area contributed by atoms with Crippen LogP contribution in [0, 0.1) is 13.8 Å². The zero-order valence-corrected chi connectivity index (χ0v) is 13.2. The lowest BCUT2D eigenvalue weighted by Gasteiger charge is -2.34. The zero-order chi connectivity index (χ0) is 14.9. The van der Waals surface area contributed by atoms with Gasteiger partial charge in [-0.1, -0.05) is 0 Å². The molecule has 1 saturated heterocycles. The maximum Gasteiger partial charge on any atom is 0.128 e. The van der Waals surface area contributed by atoms with E-state index in [9.17, 15) is 5.11 Å². The van der Waals surface area contributed by atoms with E-state index in [4.69, 9.17) is 4.74 Å². The van der Waals surface area contributed by atoms with Crippen molar-refractivity contribution in [2.75, 3.05) is 13.7 Å². The lowest BCUT2D eigenvalue weighted by atomic mass is 9.96. The van der Waals surface area contributed by atoms with Crippen molar-refractivity contribution in [3.8, 4) is 5.75 Å². The third-order valence-corrected chi connectivity index (χ3v) is 4.28. The first-order valence-corrected chi connectivity index (χ1v) is 7.30. The fourth-order valence-corrected chi connectivity index (χ4v) is 3.24. The van der Waals surface area contributed by atoms with Gasteiger partial charge in [0.05, 0.1) is 18.4 Å². The molecule has 1 atom stereocenters. The summed E-state index contributed by atoms with van der Waals surface area (Å²) in [4.78, 5) is 6.90. The number of hydrogen-bond acceptors (Lipinski definition) is 4. The second-order valence-corrected chi connectivity index (χ2v) is 6.33. The number of ether oxygens (including phenoxy) is 1. The fourth-order valence-electron chi connectivity index (χ4n) is 3.24. The average Bonchev–Trinajstić information content (AvgIpc) is 2.81. The summed E-state index contributed by atoms with van der Waals surface area (Å²) in [6.45, 7) is 9.66. The number of aromatic nitrogens is 1. The van der Waals surface area contributed by atoms with E-state index in [0.717, 1.165) is 48.5 Å². The number of hydrogen-bond donors (Lipinski definition) is 1. The van der Waals surface area contributed by atoms with Gasteiger partial charge in [0.25, 0.3) is 0 Å². The monoisotopic (exact) mass is 278 g/mol. The highest BCUT2D eigenvalue weighted by Crippen LogP contribution is 2.30. The van der Waals surface area contributed by atoms with Crippen LogP contribution in [0.15, 0.2) is 6.20 Å². The molecule has 0 amide bonds. The fraction of sp³-hybridized carbons (Fsp3) is 0.688. The zero-order valence-electron chi connectivity index (χ0n) is 13.2. The van der Waals surface area contributed by atoms with Crippen LogP contribution in [-0.4, -0.2) is 40.3 Å². The molecule has 1 aliphatic rings. The van der Waals surface area contributed by atoms with E-state index in [0.29, 0.717) is 0 Å². The van der Waals surface area contributed by atoms with E-state index in [2.05, 4.69) is 16.8 Å². The van der Waals surface area contributed by atoms with Crippen molar-refractivity contribution in [3.05, 3.63) is 23.0 Å². The van der Waals surface area contributed by atoms with Gasteiger partial charge >= 0.3 is 0 Å². The molecule has 20 heavy (non-hydrogen) atoms. The molecule has 0 saturated carbocycles. The first-order chi connectivity index (χ1) is 9.34. The number of nitrogens with zero attached hydrogens (tertiary/aromatic N) is 2. The molecule has 0 spiro atoms. The topological polar surface area (TPSA) is 45.6 Å². The van der Waals surface area contributed by atoms with Crippen molar-refractivity contribution in [1.82, 2.24) is 9.88 Å². The van der Waals surface area contributed by atoms with Crippen molar-refractivity contribution in [3.63, 3.8) is 0 Å². The van der Waals surface area contributed by atoms with Gasteiger partial charge in [0, 0.05) is 29.9 Å². The van der Waals surface area contributed by atoms with Crippen molar-refractivity contribution < 1.29 is 9.84 Å². The molecule has 1 N–H and O–H groups in total. The third kappa shape index (κ3) is 2.96. The van der Waals surface area contributed by atoms with Gasteiger partial charge in [0.2, 0.25) is 0 Å². The van der Waals surface area contributed by atoms with Gasteiger partial charge in [-0.25, -0.2) is 0 Å². The third-order valence-electron chi connectivity index (χ3n) is 4.28. The molecule has 4 nitrogen and oxygen atoms in total. The minimum Gasteiger partial charge on any atom is -0.496 e. The van der Waals surface area contributed by atoms with Gasteiger partial charge in [-0.15, -0.1) is 0 Å². The molecular formula is C16H26N2O2. The second-order valence-electron chi connectivity index (χ2n) is 6.33. The highest BCUT2D eigenvalue weighted by atomic mass is 16.5. The van der Waals surface area contributed by atoms with E-state index in [1.54, 1.807) is 7.11 Å². The lowest BCUT2D eigenvalue weighted by molar-refractivity contribution is -0.00544. The Labute approximate surface area is 121 Å². The number of methoxy groups -OCH3 is 1. The second kappa shape index (κ2) is 5.70. The van der Waals surface area contributed by atoms with Crippen LogP contribution in [-0.2, 0) is 6.54 Å². The molecule has 4 heteroatoms. The van der Waals surface area contributed by atoms with Crippen molar-refractivity contribution in [1.29, 1.82) is 0 Å². The summed E-state index contributed by atoms with van der Waals surface area (Å²) >= 11 is 0. The molecule has 1 aromatic heterocycles. The molecule has 0 radical (unpaired) electrons. The minimum absolute atomic E-state index is 0.205. The average molecular weight is 278 g/mol. The highest BCUT2D eigenvalue weighted by molar-refractivity contribution is 5.41. The van der Waals surface area contributed by atoms with Gasteiger partial charge < -0.3 is 9.84 Å². The maximum absolute atomic E-state index is 10.3. The summed E-state index contributed by atoms with van der Waals surface area (Å²) in [6.07, 6.45) is 4.05. The number of likely N-dealkylation sites (tertiary alicyclic amines) is 1. The van der Waals surface area contributed by atoms with Crippen LogP contribution in [0.4, 0.5) is 0 Å². The maximum atomic E-state index is 10.3. The molecule has 112 valence electrons. The van der Waals surface area contributed by atoms with E-state index in [1.807, 2.05) is 27.0 Å². The standard InChI is InChI=1S/C16H26N2O2/c1-11-9-17-13(12(2)15(11)20-5)10-18-8-6-7-14(18)16(3,4)19/h9,14,19H,6-8,10H2,1-5H3. The minimum atomic E-state index is -0.667. The summed E-state index contributed by atoms with van der Waals surface area (Å²) in [5.41, 5.74) is 2.55. The van der Waals surface area contributed by atoms with Gasteiger partial charge in [-0.2, -0.15) is 0 Å². The Hall–Kier alpha value is -1.13. The van der Waals surface area contributed by atoms with Gasteiger partial charge in [0.15, 0.2) is 0 Å². The number of pyridine rings is 1. The van der Waals surface area contributed by atoms with Gasteiger partial charge in [-0.3, -0.25) is 9.88 Å². The predicted molar refractivity (Wildman–Crippen MR) is 80.0 cm³/mol. The predicted octanol–water partition coefficient (Wildman–Crippen LogP) is 2.44. The van der Waals surface area contributed by atoms with Crippen molar-refractivity contribution in [2.24, 2.45) is 0 Å². The normalized spacial score (nSPS) is 20.4. The summed E-state index contributed by atoms with van der Waals surface area (Å²) in [6, 6.07) is 0.205. The van der Waals surface area contributed by atoms with Crippen LogP contribution >= 0.6 is 0 Å². The molecule has 1 fully saturated rings. The van der Waals surface area contributed by atoms with E-state index >= 15 is 0 Å². The Balaban J connectivity index is 2.22. The Bertz CT molecular complexity index is 480. The van der Waals surface area contributed by atoms with Crippen molar-refractivity contribution in [2.45, 2.75) is 58.7 Å². The number of aryl methyl sites for hydroxylation is 1. The first-order valence-electron chi connectivity index (χ1n) is 7.30. The quantitative estimate of drug-likeness (QED) is 0.919. The smallest absolute Gasteiger partial charge is 0.128 e. The highest BCUT2D eigenvalue weighted by Gasteiger charge is 2.36. The number of rotatable bonds is 4. The van der Waals surface area contributed by atoms with Crippen LogP contribution in [0.1, 0.15) is 43.5 Å². The van der Waals surface area contributed by atoms with Crippen molar-refractivity contribution >= 4 is 0 Å². The van der Waals surface area contributed by atoms with Crippen LogP contribution in [0.5, 0.6) is 5.75 Å². The summed E-state index contributed by atoms with van der Waals surface area (Å²) < 4.78 is 5.47. The Morgan fingerprint density at radius 1 is 1.45 bits per heavy atom. The molecule has 2 heterocycles. The first kappa shape index (κ1) is 15.3. The number of aliphatic hydroxyl groups is 1. The van der Waals surface area contributed by atoms with Crippen LogP contribution in [0.2, 0.25) is 0 Å². The molecule has 1 unspecified atom stereocenters. The van der Waals surface area contributed by atoms with Gasteiger partial charge in [0.1, 0.15) is 5.75 Å². The molecule has 0 aromatic carbocycles. The van der Waals surface area contributed by atoms with E-state index in [1.165, 1.54) is 0 Å². The molecule has 0 aliphatic carbocycles. The molecular weight excluding hydrogens is 252 g/mol. The van der Waals surface area contributed by atoms with Crippen LogP contribution < -0.4 is 4.74 Å². The molecule has 1 aliphatic heterocycles. The summed E-state index contributed by atoms with van der Waals surface area (Å²) in [5, 5.41) is 10.3. The van der Waals surface area contributed by atoms with Crippen LogP contribution in [0.25, 0.3) is 0 Å². The van der Waals surface area contributed by atoms with Gasteiger partial charge in [-0.05, 0) is 47.1 Å². The lowest BCUT2D eigenvalue weighted by Crippen LogP contribution is -2.45. The summed E-state index contributed by atoms with van der Waals surface area (Å²) in [7, 11) is 1.70. The SMILES string of the molecule is COc1c(C)cnc(CN2CCCC2C(C)(C)O)c1C. The Kier molecular flexibility index (Phi) is 4.35. The van der Waals surface area contributed by atoms with E-state index in [-0.39, 0.29) is 6.04 Å². The largest absolute Gasteiger partial charge is 0.496 e. The molecule has 2 rings (SSSR count). The van der Waals surface area contributed by atoms with Crippen LogP contribution in [0.3, 0.4) is 0 Å². The Morgan fingerprint density at radius 2 is 2.15 bits per heavy atom. The molecule has 1 aromatic rings. The molecule has 0 bridgehead atoms. The Morgan fingerprint density at radius 3 is 2.75 bits per heavy atom. The summed E-state index contributed by atoms with van der Waals surface area (Å²) in [5.74, 6) is 0.925. The van der Waals surface area contributed by atoms with E-state index < -0.39 is 5.60 Å².